The van der Waals surface area contributed by atoms with Gasteiger partial charge in [-0.1, -0.05) is 13.3 Å². The number of hydrogen-bond donors (Lipinski definition) is 3. The molecule has 0 spiro atoms. The average Bonchev–Trinajstić information content (AvgIpc) is 2.32. The number of aliphatic hydroxyl groups excluding tert-OH is 1. The highest BCUT2D eigenvalue weighted by atomic mass is 19.3. The first-order valence-corrected chi connectivity index (χ1v) is 6.04. The van der Waals surface area contributed by atoms with E-state index < -0.39 is 31.6 Å². The molecule has 2 amide bonds. The topological polar surface area (TPSA) is 89.9 Å². The van der Waals surface area contributed by atoms with Crippen molar-refractivity contribution in [1.29, 1.82) is 0 Å². The van der Waals surface area contributed by atoms with E-state index in [1.165, 1.54) is 0 Å². The number of urea groups is 1. The van der Waals surface area contributed by atoms with Gasteiger partial charge in [-0.2, -0.15) is 0 Å². The van der Waals surface area contributed by atoms with Crippen LogP contribution in [-0.4, -0.2) is 59.8 Å². The van der Waals surface area contributed by atoms with E-state index in [1.54, 1.807) is 6.92 Å². The summed E-state index contributed by atoms with van der Waals surface area (Å²) >= 11 is 0. The summed E-state index contributed by atoms with van der Waals surface area (Å²) in [4.78, 5) is 22.9. The summed E-state index contributed by atoms with van der Waals surface area (Å²) < 4.78 is 24.4. The molecular formula is C11H20F2N2O4. The van der Waals surface area contributed by atoms with Crippen LogP contribution in [0.15, 0.2) is 0 Å². The molecule has 0 saturated carbocycles. The standard InChI is InChI=1S/C11H20F2N2O4/c1-2-8(5-10(17)18)6-14-11(19)15(3-4-16)7-9(12)13/h8-9,16H,2-7H2,1H3,(H,14,19)(H,17,18). The molecule has 6 nitrogen and oxygen atoms in total. The first-order chi connectivity index (χ1) is 8.90. The average molecular weight is 282 g/mol. The Morgan fingerprint density at radius 3 is 2.42 bits per heavy atom. The summed E-state index contributed by atoms with van der Waals surface area (Å²) in [6, 6.07) is -0.724. The number of aliphatic carboxylic acids is 1. The van der Waals surface area contributed by atoms with Crippen LogP contribution in [0.25, 0.3) is 0 Å². The molecule has 0 heterocycles. The quantitative estimate of drug-likeness (QED) is 0.582. The van der Waals surface area contributed by atoms with Crippen molar-refractivity contribution < 1.29 is 28.6 Å². The van der Waals surface area contributed by atoms with Gasteiger partial charge in [0.05, 0.1) is 13.2 Å². The number of carbonyl (C=O) groups is 2. The van der Waals surface area contributed by atoms with E-state index in [0.29, 0.717) is 6.42 Å². The van der Waals surface area contributed by atoms with Crippen LogP contribution in [-0.2, 0) is 4.79 Å². The number of alkyl halides is 2. The van der Waals surface area contributed by atoms with E-state index in [1.807, 2.05) is 0 Å². The summed E-state index contributed by atoms with van der Waals surface area (Å²) in [5, 5.41) is 19.7. The van der Waals surface area contributed by atoms with Crippen LogP contribution in [0.3, 0.4) is 0 Å². The van der Waals surface area contributed by atoms with Crippen LogP contribution >= 0.6 is 0 Å². The van der Waals surface area contributed by atoms with Crippen molar-refractivity contribution >= 4 is 12.0 Å². The maximum Gasteiger partial charge on any atom is 0.317 e. The minimum atomic E-state index is -2.68. The van der Waals surface area contributed by atoms with Gasteiger partial charge < -0.3 is 20.4 Å². The van der Waals surface area contributed by atoms with Crippen molar-refractivity contribution in [3.05, 3.63) is 0 Å². The maximum atomic E-state index is 12.2. The van der Waals surface area contributed by atoms with E-state index in [0.717, 1.165) is 4.90 Å². The smallest absolute Gasteiger partial charge is 0.317 e. The molecule has 0 aromatic carbocycles. The van der Waals surface area contributed by atoms with Gasteiger partial charge in [0.2, 0.25) is 0 Å². The minimum Gasteiger partial charge on any atom is -0.481 e. The van der Waals surface area contributed by atoms with Crippen LogP contribution in [0.2, 0.25) is 0 Å². The second kappa shape index (κ2) is 9.48. The van der Waals surface area contributed by atoms with Gasteiger partial charge >= 0.3 is 12.0 Å². The molecule has 0 aliphatic carbocycles. The maximum absolute atomic E-state index is 12.2. The van der Waals surface area contributed by atoms with Crippen molar-refractivity contribution in [3.63, 3.8) is 0 Å². The highest BCUT2D eigenvalue weighted by Crippen LogP contribution is 2.07. The van der Waals surface area contributed by atoms with Gasteiger partial charge in [-0.3, -0.25) is 4.79 Å². The number of halogens is 2. The van der Waals surface area contributed by atoms with Crippen molar-refractivity contribution in [2.75, 3.05) is 26.2 Å². The molecule has 8 heteroatoms. The number of aliphatic hydroxyl groups is 1. The Labute approximate surface area is 110 Å². The van der Waals surface area contributed by atoms with Gasteiger partial charge in [-0.05, 0) is 5.92 Å². The monoisotopic (exact) mass is 282 g/mol. The van der Waals surface area contributed by atoms with E-state index in [-0.39, 0.29) is 25.4 Å². The highest BCUT2D eigenvalue weighted by Gasteiger charge is 2.19. The third kappa shape index (κ3) is 8.30. The largest absolute Gasteiger partial charge is 0.481 e. The van der Waals surface area contributed by atoms with Crippen molar-refractivity contribution in [3.8, 4) is 0 Å². The molecule has 0 saturated heterocycles. The van der Waals surface area contributed by atoms with Gasteiger partial charge in [0.15, 0.2) is 0 Å². The number of nitrogens with one attached hydrogen (secondary N) is 1. The number of hydrogen-bond acceptors (Lipinski definition) is 3. The Kier molecular flexibility index (Phi) is 8.77. The summed E-state index contributed by atoms with van der Waals surface area (Å²) in [5.74, 6) is -1.22. The normalized spacial score (nSPS) is 12.3. The molecule has 0 aliphatic rings. The third-order valence-electron chi connectivity index (χ3n) is 2.60. The number of carboxylic acid groups (broad SMARTS) is 1. The third-order valence-corrected chi connectivity index (χ3v) is 2.60. The zero-order valence-corrected chi connectivity index (χ0v) is 10.8. The molecule has 0 aromatic heterocycles. The van der Waals surface area contributed by atoms with Crippen LogP contribution < -0.4 is 5.32 Å². The molecule has 19 heavy (non-hydrogen) atoms. The van der Waals surface area contributed by atoms with Gasteiger partial charge in [0, 0.05) is 19.5 Å². The molecule has 0 aliphatic heterocycles. The molecule has 0 fully saturated rings. The zero-order valence-electron chi connectivity index (χ0n) is 10.8. The molecular weight excluding hydrogens is 262 g/mol. The molecule has 3 N–H and O–H groups in total. The number of amides is 2. The molecule has 1 atom stereocenters. The van der Waals surface area contributed by atoms with Gasteiger partial charge in [0.25, 0.3) is 6.43 Å². The number of rotatable bonds is 9. The SMILES string of the molecule is CCC(CNC(=O)N(CCO)CC(F)F)CC(=O)O. The predicted molar refractivity (Wildman–Crippen MR) is 64.1 cm³/mol. The van der Waals surface area contributed by atoms with Crippen molar-refractivity contribution in [2.24, 2.45) is 5.92 Å². The second-order valence-corrected chi connectivity index (χ2v) is 4.12. The zero-order chi connectivity index (χ0) is 14.8. The van der Waals surface area contributed by atoms with Gasteiger partial charge in [0.1, 0.15) is 0 Å². The number of nitrogens with zero attached hydrogens (tertiary/aromatic N) is 1. The fourth-order valence-electron chi connectivity index (χ4n) is 1.51. The lowest BCUT2D eigenvalue weighted by Gasteiger charge is -2.23. The Morgan fingerprint density at radius 1 is 1.37 bits per heavy atom. The molecule has 1 unspecified atom stereocenters. The minimum absolute atomic E-state index is 0.0916. The van der Waals surface area contributed by atoms with Crippen LogP contribution in [0.1, 0.15) is 19.8 Å². The summed E-state index contributed by atoms with van der Waals surface area (Å²) in [6.45, 7) is 0.525. The highest BCUT2D eigenvalue weighted by molar-refractivity contribution is 5.74. The number of carboxylic acids is 1. The Morgan fingerprint density at radius 2 is 2.00 bits per heavy atom. The van der Waals surface area contributed by atoms with Gasteiger partial charge in [-0.25, -0.2) is 13.6 Å². The van der Waals surface area contributed by atoms with E-state index in [2.05, 4.69) is 5.32 Å². The van der Waals surface area contributed by atoms with Crippen LogP contribution in [0, 0.1) is 5.92 Å². The summed E-state index contributed by atoms with van der Waals surface area (Å²) in [7, 11) is 0. The van der Waals surface area contributed by atoms with E-state index in [4.69, 9.17) is 10.2 Å². The lowest BCUT2D eigenvalue weighted by Crippen LogP contribution is -2.45. The fourth-order valence-corrected chi connectivity index (χ4v) is 1.51. The summed E-state index contributed by atoms with van der Waals surface area (Å²) in [6.07, 6.45) is -2.22. The number of carbonyl (C=O) groups excluding carboxylic acids is 1. The lowest BCUT2D eigenvalue weighted by molar-refractivity contribution is -0.138. The van der Waals surface area contributed by atoms with Crippen LogP contribution in [0.4, 0.5) is 13.6 Å². The lowest BCUT2D eigenvalue weighted by atomic mass is 10.0. The van der Waals surface area contributed by atoms with E-state index >= 15 is 0 Å². The predicted octanol–water partition coefficient (Wildman–Crippen LogP) is 0.756. The Balaban J connectivity index is 4.26. The Bertz CT molecular complexity index is 290. The molecule has 0 aromatic rings. The second-order valence-electron chi connectivity index (χ2n) is 4.12. The first-order valence-electron chi connectivity index (χ1n) is 6.04. The molecule has 0 radical (unpaired) electrons. The first kappa shape index (κ1) is 17.6. The van der Waals surface area contributed by atoms with Crippen molar-refractivity contribution in [1.82, 2.24) is 10.2 Å². The van der Waals surface area contributed by atoms with Crippen molar-refractivity contribution in [2.45, 2.75) is 26.2 Å². The Hall–Kier alpha value is -1.44. The van der Waals surface area contributed by atoms with Crippen LogP contribution in [0.5, 0.6) is 0 Å². The fraction of sp³-hybridized carbons (Fsp3) is 0.818. The molecule has 0 rings (SSSR count). The molecule has 112 valence electrons. The van der Waals surface area contributed by atoms with E-state index in [9.17, 15) is 18.4 Å². The molecule has 0 bridgehead atoms. The van der Waals surface area contributed by atoms with Gasteiger partial charge in [-0.15, -0.1) is 0 Å². The summed E-state index contributed by atoms with van der Waals surface area (Å²) in [5.41, 5.74) is 0.